The molecule has 0 aliphatic rings. The normalized spacial score (nSPS) is 12.0. The second-order valence-corrected chi connectivity index (χ2v) is 4.87. The van der Waals surface area contributed by atoms with Crippen molar-refractivity contribution in [1.82, 2.24) is 5.32 Å². The Morgan fingerprint density at radius 3 is 2.73 bits per heavy atom. The fraction of sp³-hybridized carbons (Fsp3) is 0.250. The molecule has 0 aliphatic heterocycles. The number of ether oxygens (including phenoxy) is 1. The summed E-state index contributed by atoms with van der Waals surface area (Å²) in [6.07, 6.45) is 0. The number of hydrogen-bond donors (Lipinski definition) is 1. The molecule has 0 saturated heterocycles. The molecular weight excluding hydrogens is 287 g/mol. The minimum Gasteiger partial charge on any atom is -0.496 e. The number of hydrogen-bond acceptors (Lipinski definition) is 4. The van der Waals surface area contributed by atoms with Gasteiger partial charge in [-0.3, -0.25) is 10.1 Å². The molecule has 0 saturated carbocycles. The number of para-hydroxylation sites is 1. The lowest BCUT2D eigenvalue weighted by Crippen LogP contribution is -2.19. The Balaban J connectivity index is 2.15. The van der Waals surface area contributed by atoms with Crippen LogP contribution in [0.4, 0.5) is 10.1 Å². The van der Waals surface area contributed by atoms with E-state index in [9.17, 15) is 14.5 Å². The van der Waals surface area contributed by atoms with Gasteiger partial charge in [0.1, 0.15) is 11.6 Å². The molecule has 0 amide bonds. The first-order chi connectivity index (χ1) is 10.5. The molecule has 0 bridgehead atoms. The molecule has 1 atom stereocenters. The first kappa shape index (κ1) is 15.9. The van der Waals surface area contributed by atoms with E-state index in [1.54, 1.807) is 24.3 Å². The number of methoxy groups -OCH3 is 1. The zero-order valence-corrected chi connectivity index (χ0v) is 12.4. The Morgan fingerprint density at radius 2 is 2.05 bits per heavy atom. The second kappa shape index (κ2) is 7.00. The van der Waals surface area contributed by atoms with E-state index < -0.39 is 4.92 Å². The molecule has 0 heterocycles. The number of nitro benzene ring substituents is 1. The summed E-state index contributed by atoms with van der Waals surface area (Å²) in [5.41, 5.74) is 1.31. The van der Waals surface area contributed by atoms with Gasteiger partial charge in [0.25, 0.3) is 5.69 Å². The third-order valence-corrected chi connectivity index (χ3v) is 3.45. The maximum absolute atomic E-state index is 13.4. The minimum atomic E-state index is -0.412. The van der Waals surface area contributed by atoms with E-state index in [2.05, 4.69) is 5.32 Å². The van der Waals surface area contributed by atoms with Crippen molar-refractivity contribution in [1.29, 1.82) is 0 Å². The van der Waals surface area contributed by atoms with Crippen molar-refractivity contribution in [2.24, 2.45) is 0 Å². The second-order valence-electron chi connectivity index (χ2n) is 4.87. The standard InChI is InChI=1S/C16H17FN2O3/c1-11(14-9-13(17)7-8-16(14)22-2)18-10-12-5-3-4-6-15(12)19(20)21/h3-9,11,18H,10H2,1-2H3/t11-/m0/s1. The molecule has 0 spiro atoms. The highest BCUT2D eigenvalue weighted by atomic mass is 19.1. The topological polar surface area (TPSA) is 64.4 Å². The summed E-state index contributed by atoms with van der Waals surface area (Å²) in [7, 11) is 1.52. The number of nitrogens with zero attached hydrogens (tertiary/aromatic N) is 1. The lowest BCUT2D eigenvalue weighted by atomic mass is 10.1. The van der Waals surface area contributed by atoms with Gasteiger partial charge in [-0.25, -0.2) is 4.39 Å². The van der Waals surface area contributed by atoms with E-state index in [4.69, 9.17) is 4.74 Å². The van der Waals surface area contributed by atoms with Crippen LogP contribution in [0.15, 0.2) is 42.5 Å². The van der Waals surface area contributed by atoms with Crippen LogP contribution < -0.4 is 10.1 Å². The summed E-state index contributed by atoms with van der Waals surface area (Å²) < 4.78 is 18.6. The number of nitro groups is 1. The quantitative estimate of drug-likeness (QED) is 0.654. The average molecular weight is 304 g/mol. The fourth-order valence-electron chi connectivity index (χ4n) is 2.26. The van der Waals surface area contributed by atoms with Gasteiger partial charge in [-0.15, -0.1) is 0 Å². The summed E-state index contributed by atoms with van der Waals surface area (Å²) >= 11 is 0. The Kier molecular flexibility index (Phi) is 5.06. The molecule has 0 aromatic heterocycles. The van der Waals surface area contributed by atoms with E-state index in [0.717, 1.165) is 0 Å². The van der Waals surface area contributed by atoms with Crippen LogP contribution in [-0.2, 0) is 6.54 Å². The van der Waals surface area contributed by atoms with Crippen molar-refractivity contribution in [2.75, 3.05) is 7.11 Å². The van der Waals surface area contributed by atoms with E-state index >= 15 is 0 Å². The molecule has 2 rings (SSSR count). The highest BCUT2D eigenvalue weighted by molar-refractivity contribution is 5.40. The summed E-state index contributed by atoms with van der Waals surface area (Å²) in [6.45, 7) is 2.16. The first-order valence-electron chi connectivity index (χ1n) is 6.82. The van der Waals surface area contributed by atoms with Crippen LogP contribution in [0.3, 0.4) is 0 Å². The third-order valence-electron chi connectivity index (χ3n) is 3.45. The largest absolute Gasteiger partial charge is 0.496 e. The molecule has 1 N–H and O–H groups in total. The van der Waals surface area contributed by atoms with Gasteiger partial charge in [-0.1, -0.05) is 18.2 Å². The summed E-state index contributed by atoms with van der Waals surface area (Å²) in [4.78, 5) is 10.6. The summed E-state index contributed by atoms with van der Waals surface area (Å²) in [6, 6.07) is 10.6. The van der Waals surface area contributed by atoms with E-state index in [-0.39, 0.29) is 17.5 Å². The van der Waals surface area contributed by atoms with Crippen LogP contribution in [0, 0.1) is 15.9 Å². The Hall–Kier alpha value is -2.47. The summed E-state index contributed by atoms with van der Waals surface area (Å²) in [5.74, 6) is 0.221. The SMILES string of the molecule is COc1ccc(F)cc1[C@H](C)NCc1ccccc1[N+](=O)[O-]. The highest BCUT2D eigenvalue weighted by Crippen LogP contribution is 2.26. The Labute approximate surface area is 127 Å². The minimum absolute atomic E-state index is 0.0633. The molecule has 0 aliphatic carbocycles. The van der Waals surface area contributed by atoms with Crippen molar-refractivity contribution in [3.63, 3.8) is 0 Å². The molecule has 0 fully saturated rings. The van der Waals surface area contributed by atoms with Crippen LogP contribution in [0.5, 0.6) is 5.75 Å². The van der Waals surface area contributed by atoms with Crippen molar-refractivity contribution >= 4 is 5.69 Å². The van der Waals surface area contributed by atoms with Gasteiger partial charge < -0.3 is 10.1 Å². The maximum Gasteiger partial charge on any atom is 0.273 e. The van der Waals surface area contributed by atoms with Gasteiger partial charge in [-0.05, 0) is 25.1 Å². The average Bonchev–Trinajstić information content (AvgIpc) is 2.52. The predicted molar refractivity (Wildman–Crippen MR) is 81.3 cm³/mol. The van der Waals surface area contributed by atoms with Crippen LogP contribution in [-0.4, -0.2) is 12.0 Å². The van der Waals surface area contributed by atoms with Gasteiger partial charge in [0, 0.05) is 29.8 Å². The van der Waals surface area contributed by atoms with Gasteiger partial charge in [0.15, 0.2) is 0 Å². The number of rotatable bonds is 6. The molecular formula is C16H17FN2O3. The molecule has 22 heavy (non-hydrogen) atoms. The monoisotopic (exact) mass is 304 g/mol. The lowest BCUT2D eigenvalue weighted by molar-refractivity contribution is -0.385. The lowest BCUT2D eigenvalue weighted by Gasteiger charge is -2.17. The molecule has 2 aromatic carbocycles. The first-order valence-corrected chi connectivity index (χ1v) is 6.82. The fourth-order valence-corrected chi connectivity index (χ4v) is 2.26. The van der Waals surface area contributed by atoms with E-state index in [1.165, 1.54) is 25.3 Å². The molecule has 6 heteroatoms. The Bertz CT molecular complexity index is 676. The number of nitrogens with one attached hydrogen (secondary N) is 1. The number of benzene rings is 2. The predicted octanol–water partition coefficient (Wildman–Crippen LogP) is 3.59. The molecule has 5 nitrogen and oxygen atoms in total. The third kappa shape index (κ3) is 3.59. The summed E-state index contributed by atoms with van der Waals surface area (Å²) in [5, 5.41) is 14.2. The Morgan fingerprint density at radius 1 is 1.32 bits per heavy atom. The van der Waals surface area contributed by atoms with E-state index in [0.29, 0.717) is 23.4 Å². The van der Waals surface area contributed by atoms with Gasteiger partial charge >= 0.3 is 0 Å². The van der Waals surface area contributed by atoms with Gasteiger partial charge in [0.05, 0.1) is 12.0 Å². The van der Waals surface area contributed by atoms with Crippen molar-refractivity contribution in [3.8, 4) is 5.75 Å². The molecule has 2 aromatic rings. The van der Waals surface area contributed by atoms with Gasteiger partial charge in [-0.2, -0.15) is 0 Å². The zero-order chi connectivity index (χ0) is 16.1. The highest BCUT2D eigenvalue weighted by Gasteiger charge is 2.16. The van der Waals surface area contributed by atoms with Gasteiger partial charge in [0.2, 0.25) is 0 Å². The van der Waals surface area contributed by atoms with Crippen molar-refractivity contribution < 1.29 is 14.1 Å². The maximum atomic E-state index is 13.4. The molecule has 0 unspecified atom stereocenters. The van der Waals surface area contributed by atoms with Crippen molar-refractivity contribution in [3.05, 3.63) is 69.5 Å². The van der Waals surface area contributed by atoms with Crippen LogP contribution in [0.2, 0.25) is 0 Å². The van der Waals surface area contributed by atoms with Crippen LogP contribution in [0.25, 0.3) is 0 Å². The molecule has 116 valence electrons. The number of halogens is 1. The van der Waals surface area contributed by atoms with Crippen LogP contribution >= 0.6 is 0 Å². The van der Waals surface area contributed by atoms with Crippen molar-refractivity contribution in [2.45, 2.75) is 19.5 Å². The zero-order valence-electron chi connectivity index (χ0n) is 12.4. The van der Waals surface area contributed by atoms with Crippen LogP contribution in [0.1, 0.15) is 24.1 Å². The van der Waals surface area contributed by atoms with E-state index in [1.807, 2.05) is 6.92 Å². The smallest absolute Gasteiger partial charge is 0.273 e. The molecule has 0 radical (unpaired) electrons.